The van der Waals surface area contributed by atoms with Crippen LogP contribution < -0.4 is 11.5 Å². The van der Waals surface area contributed by atoms with E-state index in [1.54, 1.807) is 0 Å². The number of nitrogens with two attached hydrogens (primary N) is 2. The van der Waals surface area contributed by atoms with Crippen molar-refractivity contribution in [3.63, 3.8) is 0 Å². The molecule has 21 heavy (non-hydrogen) atoms. The molecule has 2 amide bonds. The van der Waals surface area contributed by atoms with E-state index in [1.165, 1.54) is 0 Å². The second-order valence-electron chi connectivity index (χ2n) is 5.74. The van der Waals surface area contributed by atoms with Gasteiger partial charge in [-0.25, -0.2) is 0 Å². The maximum atomic E-state index is 12.2. The van der Waals surface area contributed by atoms with E-state index in [2.05, 4.69) is 0 Å². The van der Waals surface area contributed by atoms with Crippen molar-refractivity contribution in [3.8, 4) is 0 Å². The zero-order valence-corrected chi connectivity index (χ0v) is 12.3. The Hall–Kier alpha value is -2.04. The molecule has 0 aromatic heterocycles. The number of carbonyl (C=O) groups excluding carboxylic acids is 2. The van der Waals surface area contributed by atoms with Crippen LogP contribution in [0.5, 0.6) is 0 Å². The van der Waals surface area contributed by atoms with Gasteiger partial charge in [-0.1, -0.05) is 12.1 Å². The van der Waals surface area contributed by atoms with Crippen LogP contribution in [0.1, 0.15) is 31.2 Å². The molecule has 5 heteroatoms. The van der Waals surface area contributed by atoms with Gasteiger partial charge in [-0.2, -0.15) is 0 Å². The van der Waals surface area contributed by atoms with Crippen molar-refractivity contribution in [2.75, 3.05) is 18.8 Å². The van der Waals surface area contributed by atoms with Gasteiger partial charge in [0, 0.05) is 31.6 Å². The molecular formula is C16H23N3O2. The molecular weight excluding hydrogens is 266 g/mol. The first-order valence-electron chi connectivity index (χ1n) is 7.45. The second kappa shape index (κ2) is 7.11. The fourth-order valence-electron chi connectivity index (χ4n) is 2.83. The molecule has 0 atom stereocenters. The average molecular weight is 289 g/mol. The number of likely N-dealkylation sites (tertiary alicyclic amines) is 1. The van der Waals surface area contributed by atoms with Crippen molar-refractivity contribution in [1.29, 1.82) is 0 Å². The van der Waals surface area contributed by atoms with E-state index in [-0.39, 0.29) is 11.8 Å². The summed E-state index contributed by atoms with van der Waals surface area (Å²) in [5.74, 6) is 0.261. The highest BCUT2D eigenvalue weighted by atomic mass is 16.2. The Labute approximate surface area is 125 Å². The third-order valence-corrected chi connectivity index (χ3v) is 4.04. The van der Waals surface area contributed by atoms with Crippen LogP contribution in [0.2, 0.25) is 0 Å². The fourth-order valence-corrected chi connectivity index (χ4v) is 2.83. The van der Waals surface area contributed by atoms with Crippen LogP contribution in [-0.4, -0.2) is 29.8 Å². The molecule has 1 heterocycles. The number of carbonyl (C=O) groups is 2. The van der Waals surface area contributed by atoms with Gasteiger partial charge in [0.1, 0.15) is 0 Å². The van der Waals surface area contributed by atoms with Gasteiger partial charge >= 0.3 is 0 Å². The third-order valence-electron chi connectivity index (χ3n) is 4.04. The van der Waals surface area contributed by atoms with Gasteiger partial charge in [0.15, 0.2) is 0 Å². The Kier molecular flexibility index (Phi) is 5.20. The van der Waals surface area contributed by atoms with Crippen LogP contribution in [0, 0.1) is 5.92 Å². The second-order valence-corrected chi connectivity index (χ2v) is 5.74. The summed E-state index contributed by atoms with van der Waals surface area (Å²) in [6.45, 7) is 1.46. The molecule has 1 fully saturated rings. The highest BCUT2D eigenvalue weighted by Crippen LogP contribution is 2.21. The van der Waals surface area contributed by atoms with Crippen LogP contribution in [-0.2, 0) is 16.0 Å². The molecule has 2 rings (SSSR count). The van der Waals surface area contributed by atoms with Gasteiger partial charge in [0.25, 0.3) is 0 Å². The van der Waals surface area contributed by atoms with Crippen LogP contribution in [0.4, 0.5) is 5.69 Å². The minimum Gasteiger partial charge on any atom is -0.399 e. The van der Waals surface area contributed by atoms with Crippen LogP contribution in [0.3, 0.4) is 0 Å². The van der Waals surface area contributed by atoms with E-state index in [1.807, 2.05) is 29.2 Å². The summed E-state index contributed by atoms with van der Waals surface area (Å²) in [5.41, 5.74) is 12.8. The number of primary amides is 1. The molecule has 5 nitrogen and oxygen atoms in total. The maximum Gasteiger partial charge on any atom is 0.222 e. The Morgan fingerprint density at radius 3 is 2.57 bits per heavy atom. The minimum absolute atomic E-state index is 0.176. The third kappa shape index (κ3) is 4.77. The minimum atomic E-state index is -0.249. The van der Waals surface area contributed by atoms with Crippen LogP contribution in [0.15, 0.2) is 24.3 Å². The summed E-state index contributed by atoms with van der Waals surface area (Å²) < 4.78 is 0. The highest BCUT2D eigenvalue weighted by Gasteiger charge is 2.23. The first-order valence-corrected chi connectivity index (χ1v) is 7.45. The molecule has 1 aliphatic heterocycles. The summed E-state index contributed by atoms with van der Waals surface area (Å²) in [5, 5.41) is 0. The van der Waals surface area contributed by atoms with Crippen molar-refractivity contribution < 1.29 is 9.59 Å². The van der Waals surface area contributed by atoms with Crippen LogP contribution >= 0.6 is 0 Å². The lowest BCUT2D eigenvalue weighted by Gasteiger charge is -2.31. The monoisotopic (exact) mass is 289 g/mol. The number of benzene rings is 1. The topological polar surface area (TPSA) is 89.4 Å². The van der Waals surface area contributed by atoms with E-state index >= 15 is 0 Å². The molecule has 0 saturated carbocycles. The largest absolute Gasteiger partial charge is 0.399 e. The zero-order chi connectivity index (χ0) is 15.2. The summed E-state index contributed by atoms with van der Waals surface area (Å²) in [6, 6.07) is 7.65. The van der Waals surface area contributed by atoms with Gasteiger partial charge in [0.2, 0.25) is 11.8 Å². The Morgan fingerprint density at radius 2 is 1.95 bits per heavy atom. The molecule has 114 valence electrons. The molecule has 0 unspecified atom stereocenters. The molecule has 4 N–H and O–H groups in total. The van der Waals surface area contributed by atoms with Gasteiger partial charge in [-0.3, -0.25) is 9.59 Å². The maximum absolute atomic E-state index is 12.2. The molecule has 0 aliphatic carbocycles. The number of rotatable bonds is 5. The van der Waals surface area contributed by atoms with Gasteiger partial charge < -0.3 is 16.4 Å². The van der Waals surface area contributed by atoms with Gasteiger partial charge in [-0.05, 0) is 42.9 Å². The van der Waals surface area contributed by atoms with E-state index in [0.29, 0.717) is 25.2 Å². The lowest BCUT2D eigenvalue weighted by molar-refractivity contribution is -0.132. The highest BCUT2D eigenvalue weighted by molar-refractivity contribution is 5.77. The van der Waals surface area contributed by atoms with E-state index in [9.17, 15) is 9.59 Å². The smallest absolute Gasteiger partial charge is 0.222 e. The number of hydrogen-bond acceptors (Lipinski definition) is 3. The van der Waals surface area contributed by atoms with Crippen LogP contribution in [0.25, 0.3) is 0 Å². The molecule has 1 saturated heterocycles. The summed E-state index contributed by atoms with van der Waals surface area (Å²) >= 11 is 0. The summed E-state index contributed by atoms with van der Waals surface area (Å²) in [4.78, 5) is 25.0. The van der Waals surface area contributed by atoms with E-state index < -0.39 is 0 Å². The lowest BCUT2D eigenvalue weighted by Crippen LogP contribution is -2.39. The summed E-state index contributed by atoms with van der Waals surface area (Å²) in [6.07, 6.45) is 3.39. The average Bonchev–Trinajstić information content (AvgIpc) is 2.45. The van der Waals surface area contributed by atoms with Crippen molar-refractivity contribution >= 4 is 17.5 Å². The predicted octanol–water partition coefficient (Wildman–Crippen LogP) is 1.32. The lowest BCUT2D eigenvalue weighted by atomic mass is 9.93. The number of nitrogen functional groups attached to an aromatic ring is 1. The zero-order valence-electron chi connectivity index (χ0n) is 12.3. The number of aryl methyl sites for hydroxylation is 1. The number of anilines is 1. The Morgan fingerprint density at radius 1 is 1.24 bits per heavy atom. The first-order chi connectivity index (χ1) is 10.0. The molecule has 0 radical (unpaired) electrons. The fraction of sp³-hybridized carbons (Fsp3) is 0.500. The van der Waals surface area contributed by atoms with Crippen molar-refractivity contribution in [1.82, 2.24) is 4.90 Å². The molecule has 0 bridgehead atoms. The number of nitrogens with zero attached hydrogens (tertiary/aromatic N) is 1. The van der Waals surface area contributed by atoms with Crippen molar-refractivity contribution in [3.05, 3.63) is 29.8 Å². The first kappa shape index (κ1) is 15.4. The normalized spacial score (nSPS) is 15.9. The van der Waals surface area contributed by atoms with Crippen molar-refractivity contribution in [2.45, 2.75) is 32.1 Å². The Bertz CT molecular complexity index is 508. The molecule has 1 aromatic rings. The molecule has 1 aliphatic rings. The van der Waals surface area contributed by atoms with Gasteiger partial charge in [0.05, 0.1) is 0 Å². The standard InChI is InChI=1S/C16H23N3O2/c17-14-3-1-2-12(10-14)4-5-16(21)19-8-6-13(7-9-19)11-15(18)20/h1-3,10,13H,4-9,11,17H2,(H2,18,20). The quantitative estimate of drug-likeness (QED) is 0.801. The molecule has 1 aromatic carbocycles. The number of hydrogen-bond donors (Lipinski definition) is 2. The van der Waals surface area contributed by atoms with Gasteiger partial charge in [-0.15, -0.1) is 0 Å². The predicted molar refractivity (Wildman–Crippen MR) is 82.3 cm³/mol. The number of piperidine rings is 1. The molecule has 0 spiro atoms. The summed E-state index contributed by atoms with van der Waals surface area (Å²) in [7, 11) is 0. The van der Waals surface area contributed by atoms with E-state index in [0.717, 1.165) is 37.2 Å². The Balaban J connectivity index is 1.76. The SMILES string of the molecule is NC(=O)CC1CCN(C(=O)CCc2cccc(N)c2)CC1. The number of amides is 2. The van der Waals surface area contributed by atoms with E-state index in [4.69, 9.17) is 11.5 Å². The van der Waals surface area contributed by atoms with Crippen molar-refractivity contribution in [2.24, 2.45) is 11.7 Å².